The Morgan fingerprint density at radius 2 is 1.61 bits per heavy atom. The number of aryl methyl sites for hydroxylation is 1. The van der Waals surface area contributed by atoms with Crippen molar-refractivity contribution >= 4 is 22.6 Å². The maximum Gasteiger partial charge on any atom is 0.305 e. The lowest BCUT2D eigenvalue weighted by atomic mass is 9.69. The number of ether oxygens (including phenoxy) is 3. The first kappa shape index (κ1) is 29.6. The molecule has 0 bridgehead atoms. The molecule has 3 heterocycles. The van der Waals surface area contributed by atoms with Gasteiger partial charge in [-0.2, -0.15) is 0 Å². The van der Waals surface area contributed by atoms with Gasteiger partial charge >= 0.3 is 5.97 Å². The van der Waals surface area contributed by atoms with Crippen LogP contribution >= 0.6 is 0 Å². The molecule has 0 spiro atoms. The fourth-order valence-electron chi connectivity index (χ4n) is 6.71. The molecule has 0 atom stereocenters. The molecule has 2 aliphatic rings. The second-order valence-corrected chi connectivity index (χ2v) is 12.2. The van der Waals surface area contributed by atoms with Crippen molar-refractivity contribution in [3.05, 3.63) is 108 Å². The molecule has 4 aromatic carbocycles. The summed E-state index contributed by atoms with van der Waals surface area (Å²) >= 11 is 0. The van der Waals surface area contributed by atoms with Gasteiger partial charge in [0.1, 0.15) is 24.7 Å². The van der Waals surface area contributed by atoms with E-state index in [9.17, 15) is 9.59 Å². The van der Waals surface area contributed by atoms with Crippen molar-refractivity contribution in [3.8, 4) is 28.6 Å². The van der Waals surface area contributed by atoms with Gasteiger partial charge < -0.3 is 19.1 Å². The molecule has 1 amide bonds. The highest BCUT2D eigenvalue weighted by Gasteiger charge is 2.38. The summed E-state index contributed by atoms with van der Waals surface area (Å²) in [5.74, 6) is 1.74. The number of likely N-dealkylation sites (tertiary alicyclic amines) is 1. The van der Waals surface area contributed by atoms with Crippen LogP contribution in [0, 0.1) is 6.92 Å². The Kier molecular flexibility index (Phi) is 7.95. The zero-order valence-electron chi connectivity index (χ0n) is 26.2. The lowest BCUT2D eigenvalue weighted by molar-refractivity contribution is -0.141. The molecule has 1 fully saturated rings. The minimum absolute atomic E-state index is 0.107. The van der Waals surface area contributed by atoms with E-state index in [1.165, 1.54) is 23.4 Å². The van der Waals surface area contributed by atoms with Gasteiger partial charge in [-0.25, -0.2) is 4.98 Å². The maximum absolute atomic E-state index is 14.1. The first-order valence-corrected chi connectivity index (χ1v) is 15.8. The van der Waals surface area contributed by atoms with Crippen molar-refractivity contribution in [1.82, 2.24) is 14.5 Å². The molecule has 234 valence electrons. The second kappa shape index (κ2) is 12.4. The average Bonchev–Trinajstić information content (AvgIpc) is 3.56. The van der Waals surface area contributed by atoms with E-state index >= 15 is 0 Å². The summed E-state index contributed by atoms with van der Waals surface area (Å²) in [5, 5.41) is 2.35. The van der Waals surface area contributed by atoms with Crippen molar-refractivity contribution in [2.24, 2.45) is 0 Å². The summed E-state index contributed by atoms with van der Waals surface area (Å²) in [5.41, 5.74) is 4.24. The number of benzene rings is 4. The molecular weight excluding hydrogens is 578 g/mol. The van der Waals surface area contributed by atoms with Crippen LogP contribution in [0.25, 0.3) is 27.8 Å². The quantitative estimate of drug-likeness (QED) is 0.185. The number of carbonyl (C=O) groups excluding carboxylic acids is 2. The molecule has 0 saturated carbocycles. The van der Waals surface area contributed by atoms with Crippen molar-refractivity contribution in [1.29, 1.82) is 0 Å². The normalized spacial score (nSPS) is 15.5. The predicted molar refractivity (Wildman–Crippen MR) is 177 cm³/mol. The second-order valence-electron chi connectivity index (χ2n) is 12.2. The zero-order valence-corrected chi connectivity index (χ0v) is 26.2. The summed E-state index contributed by atoms with van der Waals surface area (Å²) < 4.78 is 18.5. The highest BCUT2D eigenvalue weighted by molar-refractivity contribution is 5.93. The first-order valence-electron chi connectivity index (χ1n) is 15.8. The summed E-state index contributed by atoms with van der Waals surface area (Å²) in [6.07, 6.45) is 4.29. The van der Waals surface area contributed by atoms with E-state index in [0.717, 1.165) is 29.7 Å². The van der Waals surface area contributed by atoms with Gasteiger partial charge in [-0.05, 0) is 60.1 Å². The first-order chi connectivity index (χ1) is 22.4. The molecule has 0 N–H and O–H groups in total. The van der Waals surface area contributed by atoms with Gasteiger partial charge in [0.25, 0.3) is 5.91 Å². The molecule has 8 nitrogen and oxygen atoms in total. The number of imidazole rings is 1. The topological polar surface area (TPSA) is 82.9 Å². The van der Waals surface area contributed by atoms with Crippen LogP contribution in [0.1, 0.15) is 47.3 Å². The number of methoxy groups -OCH3 is 1. The van der Waals surface area contributed by atoms with Gasteiger partial charge in [-0.3, -0.25) is 14.2 Å². The van der Waals surface area contributed by atoms with E-state index in [1.807, 2.05) is 77.2 Å². The molecule has 0 aliphatic carbocycles. The van der Waals surface area contributed by atoms with Crippen LogP contribution in [0.2, 0.25) is 0 Å². The molecule has 0 unspecified atom stereocenters. The van der Waals surface area contributed by atoms with E-state index in [4.69, 9.17) is 19.2 Å². The van der Waals surface area contributed by atoms with Crippen LogP contribution in [0.15, 0.2) is 91.1 Å². The molecular formula is C38H37N3O5. The molecule has 0 radical (unpaired) electrons. The fourth-order valence-corrected chi connectivity index (χ4v) is 6.71. The maximum atomic E-state index is 14.1. The fraction of sp³-hybridized carbons (Fsp3) is 0.289. The minimum atomic E-state index is -0.243. The van der Waals surface area contributed by atoms with Gasteiger partial charge in [0.2, 0.25) is 0 Å². The number of piperidine rings is 1. The van der Waals surface area contributed by atoms with Gasteiger partial charge in [-0.15, -0.1) is 0 Å². The van der Waals surface area contributed by atoms with Crippen LogP contribution < -0.4 is 9.47 Å². The number of nitrogens with zero attached hydrogens (tertiary/aromatic N) is 3. The van der Waals surface area contributed by atoms with Crippen LogP contribution in [0.3, 0.4) is 0 Å². The third-order valence-electron chi connectivity index (χ3n) is 9.44. The number of aromatic nitrogens is 2. The molecule has 8 heteroatoms. The van der Waals surface area contributed by atoms with Gasteiger partial charge in [0.05, 0.1) is 12.8 Å². The average molecular weight is 616 g/mol. The number of amides is 1. The lowest BCUT2D eigenvalue weighted by Crippen LogP contribution is -2.45. The Balaban J connectivity index is 1.18. The van der Waals surface area contributed by atoms with Gasteiger partial charge in [-0.1, -0.05) is 72.3 Å². The third-order valence-corrected chi connectivity index (χ3v) is 9.44. The highest BCUT2D eigenvalue weighted by Crippen LogP contribution is 2.41. The van der Waals surface area contributed by atoms with Crippen molar-refractivity contribution in [2.75, 3.05) is 33.4 Å². The van der Waals surface area contributed by atoms with Crippen molar-refractivity contribution in [2.45, 2.75) is 38.0 Å². The minimum Gasteiger partial charge on any atom is -0.486 e. The van der Waals surface area contributed by atoms with Crippen LogP contribution in [-0.4, -0.2) is 59.7 Å². The third kappa shape index (κ3) is 5.71. The molecule has 2 aliphatic heterocycles. The Morgan fingerprint density at radius 3 is 2.37 bits per heavy atom. The molecule has 7 rings (SSSR count). The van der Waals surface area contributed by atoms with E-state index in [1.54, 1.807) is 0 Å². The molecule has 46 heavy (non-hydrogen) atoms. The Morgan fingerprint density at radius 1 is 0.870 bits per heavy atom. The summed E-state index contributed by atoms with van der Waals surface area (Å²) in [4.78, 5) is 33.1. The zero-order chi connectivity index (χ0) is 31.7. The monoisotopic (exact) mass is 615 g/mol. The number of fused-ring (bicyclic) bond motifs is 2. The SMILES string of the molecule is COC(=O)CCC1(c2ccc3ccccc3c2)CCN(C(=O)c2cn(-c3ccc4c(c3)OCCO4)c(-c3ccc(C)cc3)n2)CC1. The highest BCUT2D eigenvalue weighted by atomic mass is 16.6. The van der Waals surface area contributed by atoms with E-state index in [-0.39, 0.29) is 17.3 Å². The number of esters is 1. The van der Waals surface area contributed by atoms with Crippen molar-refractivity contribution < 1.29 is 23.8 Å². The smallest absolute Gasteiger partial charge is 0.305 e. The lowest BCUT2D eigenvalue weighted by Gasteiger charge is -2.42. The van der Waals surface area contributed by atoms with Gasteiger partial charge in [0.15, 0.2) is 11.5 Å². The molecule has 1 saturated heterocycles. The predicted octanol–water partition coefficient (Wildman–Crippen LogP) is 6.90. The van der Waals surface area contributed by atoms with E-state index < -0.39 is 0 Å². The number of hydrogen-bond donors (Lipinski definition) is 0. The summed E-state index contributed by atoms with van der Waals surface area (Å²) in [6, 6.07) is 28.8. The van der Waals surface area contributed by atoms with Crippen LogP contribution in [0.5, 0.6) is 11.5 Å². The standard InChI is InChI=1S/C38H37N3O5/c1-26-7-9-28(10-8-26)36-39-32(25-41(36)31-13-14-33-34(24-31)46-22-21-45-33)37(43)40-19-17-38(18-20-40,16-15-35(42)44-2)30-12-11-27-5-3-4-6-29(27)23-30/h3-14,23-25H,15-22H2,1-2H3. The van der Waals surface area contributed by atoms with Crippen molar-refractivity contribution in [3.63, 3.8) is 0 Å². The Hall–Kier alpha value is -5.11. The van der Waals surface area contributed by atoms with Crippen LogP contribution in [-0.2, 0) is 14.9 Å². The number of carbonyl (C=O) groups is 2. The Labute approximate surface area is 268 Å². The molecule has 5 aromatic rings. The molecule has 1 aromatic heterocycles. The number of rotatable bonds is 7. The largest absolute Gasteiger partial charge is 0.486 e. The summed E-state index contributed by atoms with van der Waals surface area (Å²) in [7, 11) is 1.43. The van der Waals surface area contributed by atoms with Crippen LogP contribution in [0.4, 0.5) is 0 Å². The summed E-state index contributed by atoms with van der Waals surface area (Å²) in [6.45, 7) is 4.17. The van der Waals surface area contributed by atoms with E-state index in [2.05, 4.69) is 30.3 Å². The number of hydrogen-bond acceptors (Lipinski definition) is 6. The van der Waals surface area contributed by atoms with E-state index in [0.29, 0.717) is 62.2 Å². The Bertz CT molecular complexity index is 1900. The van der Waals surface area contributed by atoms with Gasteiger partial charge in [0, 0.05) is 37.3 Å².